The fourth-order valence-electron chi connectivity index (χ4n) is 2.94. The third kappa shape index (κ3) is 2.57. The molecule has 0 radical (unpaired) electrons. The van der Waals surface area contributed by atoms with Crippen molar-refractivity contribution in [2.45, 2.75) is 44.6 Å². The van der Waals surface area contributed by atoms with Crippen LogP contribution in [0.2, 0.25) is 0 Å². The first kappa shape index (κ1) is 13.6. The van der Waals surface area contributed by atoms with Crippen LogP contribution in [-0.4, -0.2) is 11.0 Å². The van der Waals surface area contributed by atoms with Crippen molar-refractivity contribution in [2.24, 2.45) is 5.92 Å². The van der Waals surface area contributed by atoms with Crippen molar-refractivity contribution in [1.82, 2.24) is 0 Å². The van der Waals surface area contributed by atoms with E-state index in [4.69, 9.17) is 4.42 Å². The third-order valence-corrected chi connectivity index (χ3v) is 4.19. The van der Waals surface area contributed by atoms with Crippen LogP contribution in [-0.2, 0) is 0 Å². The van der Waals surface area contributed by atoms with E-state index in [2.05, 4.69) is 0 Å². The monoisotopic (exact) mass is 280 g/mol. The minimum atomic E-state index is -2.57. The number of furan rings is 1. The standard InChI is InChI=1S/C16H18F2O2/c1-10-2-3-13-12(8-10)9-14(20-13)15(19)11-4-6-16(17,18)7-5-11/h2-3,8-9,11,15,19H,4-7H2,1H3. The van der Waals surface area contributed by atoms with E-state index < -0.39 is 12.0 Å². The zero-order valence-corrected chi connectivity index (χ0v) is 11.4. The lowest BCUT2D eigenvalue weighted by molar-refractivity contribution is -0.0650. The van der Waals surface area contributed by atoms with Gasteiger partial charge in [0.15, 0.2) is 0 Å². The lowest BCUT2D eigenvalue weighted by Gasteiger charge is -2.30. The molecule has 0 aliphatic heterocycles. The van der Waals surface area contributed by atoms with Gasteiger partial charge in [0, 0.05) is 18.2 Å². The van der Waals surface area contributed by atoms with E-state index >= 15 is 0 Å². The summed E-state index contributed by atoms with van der Waals surface area (Å²) in [6.07, 6.45) is -0.407. The number of benzene rings is 1. The van der Waals surface area contributed by atoms with Crippen LogP contribution in [0.5, 0.6) is 0 Å². The number of halogens is 2. The summed E-state index contributed by atoms with van der Waals surface area (Å²) in [5.74, 6) is -2.22. The number of fused-ring (bicyclic) bond motifs is 1. The number of aryl methyl sites for hydroxylation is 1. The first-order valence-corrected chi connectivity index (χ1v) is 7.01. The van der Waals surface area contributed by atoms with Gasteiger partial charge < -0.3 is 9.52 Å². The topological polar surface area (TPSA) is 33.4 Å². The van der Waals surface area contributed by atoms with Crippen molar-refractivity contribution in [2.75, 3.05) is 0 Å². The Hall–Kier alpha value is -1.42. The SMILES string of the molecule is Cc1ccc2oc(C(O)C3CCC(F)(F)CC3)cc2c1. The van der Waals surface area contributed by atoms with Crippen LogP contribution in [0, 0.1) is 12.8 Å². The lowest BCUT2D eigenvalue weighted by Crippen LogP contribution is -2.27. The Balaban J connectivity index is 1.80. The molecule has 1 aliphatic rings. The molecule has 4 heteroatoms. The molecule has 1 heterocycles. The Morgan fingerprint density at radius 1 is 1.25 bits per heavy atom. The number of hydrogen-bond donors (Lipinski definition) is 1. The maximum absolute atomic E-state index is 13.2. The second kappa shape index (κ2) is 4.85. The normalized spacial score (nSPS) is 21.2. The molecule has 0 bridgehead atoms. The van der Waals surface area contributed by atoms with Crippen LogP contribution < -0.4 is 0 Å². The van der Waals surface area contributed by atoms with Gasteiger partial charge in [0.2, 0.25) is 5.92 Å². The molecule has 1 unspecified atom stereocenters. The maximum atomic E-state index is 13.2. The minimum Gasteiger partial charge on any atom is -0.458 e. The Morgan fingerprint density at radius 2 is 1.95 bits per heavy atom. The molecular weight excluding hydrogens is 262 g/mol. The van der Waals surface area contributed by atoms with Crippen LogP contribution in [0.4, 0.5) is 8.78 Å². The highest BCUT2D eigenvalue weighted by Gasteiger charge is 2.38. The molecule has 1 aromatic carbocycles. The van der Waals surface area contributed by atoms with Gasteiger partial charge in [0.05, 0.1) is 0 Å². The van der Waals surface area contributed by atoms with Gasteiger partial charge in [-0.1, -0.05) is 11.6 Å². The fourth-order valence-corrected chi connectivity index (χ4v) is 2.94. The predicted molar refractivity (Wildman–Crippen MR) is 72.8 cm³/mol. The molecule has 0 saturated heterocycles. The van der Waals surface area contributed by atoms with E-state index in [1.54, 1.807) is 0 Å². The quantitative estimate of drug-likeness (QED) is 0.872. The zero-order chi connectivity index (χ0) is 14.3. The van der Waals surface area contributed by atoms with Crippen molar-refractivity contribution in [3.05, 3.63) is 35.6 Å². The number of rotatable bonds is 2. The zero-order valence-electron chi connectivity index (χ0n) is 11.4. The summed E-state index contributed by atoms with van der Waals surface area (Å²) >= 11 is 0. The lowest BCUT2D eigenvalue weighted by atomic mass is 9.82. The molecule has 2 nitrogen and oxygen atoms in total. The van der Waals surface area contributed by atoms with Crippen LogP contribution in [0.1, 0.15) is 43.1 Å². The summed E-state index contributed by atoms with van der Waals surface area (Å²) in [5.41, 5.74) is 1.85. The molecular formula is C16H18F2O2. The van der Waals surface area contributed by atoms with Crippen molar-refractivity contribution >= 4 is 11.0 Å². The average molecular weight is 280 g/mol. The van der Waals surface area contributed by atoms with Gasteiger partial charge in [-0.2, -0.15) is 0 Å². The molecule has 1 saturated carbocycles. The third-order valence-electron chi connectivity index (χ3n) is 4.19. The number of aliphatic hydroxyl groups is 1. The molecule has 0 spiro atoms. The first-order chi connectivity index (χ1) is 9.44. The summed E-state index contributed by atoms with van der Waals surface area (Å²) in [6, 6.07) is 7.63. The molecule has 1 aromatic heterocycles. The molecule has 1 N–H and O–H groups in total. The number of aliphatic hydroxyl groups excluding tert-OH is 1. The van der Waals surface area contributed by atoms with Crippen LogP contribution >= 0.6 is 0 Å². The summed E-state index contributed by atoms with van der Waals surface area (Å²) in [6.45, 7) is 1.99. The van der Waals surface area contributed by atoms with Gasteiger partial charge in [-0.3, -0.25) is 0 Å². The summed E-state index contributed by atoms with van der Waals surface area (Å²) < 4.78 is 32.0. The fraction of sp³-hybridized carbons (Fsp3) is 0.500. The molecule has 0 amide bonds. The van der Waals surface area contributed by atoms with Crippen molar-refractivity contribution in [1.29, 1.82) is 0 Å². The van der Waals surface area contributed by atoms with Gasteiger partial charge in [0.1, 0.15) is 17.4 Å². The maximum Gasteiger partial charge on any atom is 0.248 e. The highest BCUT2D eigenvalue weighted by atomic mass is 19.3. The van der Waals surface area contributed by atoms with Gasteiger partial charge in [-0.05, 0) is 43.9 Å². The second-order valence-electron chi connectivity index (χ2n) is 5.83. The van der Waals surface area contributed by atoms with Gasteiger partial charge in [0.25, 0.3) is 0 Å². The van der Waals surface area contributed by atoms with E-state index in [1.165, 1.54) is 0 Å². The summed E-state index contributed by atoms with van der Waals surface area (Å²) in [5, 5.41) is 11.3. The largest absolute Gasteiger partial charge is 0.458 e. The highest BCUT2D eigenvalue weighted by molar-refractivity contribution is 5.78. The van der Waals surface area contributed by atoms with E-state index in [1.807, 2.05) is 31.2 Å². The highest BCUT2D eigenvalue weighted by Crippen LogP contribution is 2.42. The molecule has 20 heavy (non-hydrogen) atoms. The van der Waals surface area contributed by atoms with Crippen molar-refractivity contribution in [3.63, 3.8) is 0 Å². The van der Waals surface area contributed by atoms with Gasteiger partial charge in [-0.25, -0.2) is 8.78 Å². The Kier molecular flexibility index (Phi) is 3.28. The van der Waals surface area contributed by atoms with Crippen LogP contribution in [0.15, 0.2) is 28.7 Å². The molecule has 1 aliphatic carbocycles. The van der Waals surface area contributed by atoms with E-state index in [0.717, 1.165) is 16.5 Å². The molecule has 3 rings (SSSR count). The van der Waals surface area contributed by atoms with Crippen LogP contribution in [0.25, 0.3) is 11.0 Å². The molecule has 1 fully saturated rings. The van der Waals surface area contributed by atoms with E-state index in [0.29, 0.717) is 18.6 Å². The second-order valence-corrected chi connectivity index (χ2v) is 5.83. The molecule has 108 valence electrons. The Morgan fingerprint density at radius 3 is 2.65 bits per heavy atom. The number of hydrogen-bond acceptors (Lipinski definition) is 2. The molecule has 1 atom stereocenters. The van der Waals surface area contributed by atoms with Gasteiger partial charge >= 0.3 is 0 Å². The Labute approximate surface area is 116 Å². The van der Waals surface area contributed by atoms with E-state index in [-0.39, 0.29) is 18.8 Å². The van der Waals surface area contributed by atoms with Crippen LogP contribution in [0.3, 0.4) is 0 Å². The summed E-state index contributed by atoms with van der Waals surface area (Å²) in [4.78, 5) is 0. The predicted octanol–water partition coefficient (Wildman–Crippen LogP) is 4.60. The van der Waals surface area contributed by atoms with E-state index in [9.17, 15) is 13.9 Å². The minimum absolute atomic E-state index is 0.142. The first-order valence-electron chi connectivity index (χ1n) is 7.01. The molecule has 2 aromatic rings. The van der Waals surface area contributed by atoms with Gasteiger partial charge in [-0.15, -0.1) is 0 Å². The summed E-state index contributed by atoms with van der Waals surface area (Å²) in [7, 11) is 0. The van der Waals surface area contributed by atoms with Crippen molar-refractivity contribution < 1.29 is 18.3 Å². The van der Waals surface area contributed by atoms with Crippen molar-refractivity contribution in [3.8, 4) is 0 Å². The Bertz CT molecular complexity index is 608. The average Bonchev–Trinajstić information content (AvgIpc) is 2.80. The number of alkyl halides is 2. The smallest absolute Gasteiger partial charge is 0.248 e.